The molecular formula is C14H26N2O5. The summed E-state index contributed by atoms with van der Waals surface area (Å²) in [6.07, 6.45) is -0.445. The summed E-state index contributed by atoms with van der Waals surface area (Å²) in [5.41, 5.74) is -0.424. The van der Waals surface area contributed by atoms with Crippen LogP contribution in [0.4, 0.5) is 0 Å². The topological polar surface area (TPSA) is 77.1 Å². The third kappa shape index (κ3) is 4.94. The van der Waals surface area contributed by atoms with Crippen molar-refractivity contribution < 1.29 is 23.9 Å². The molecule has 0 unspecified atom stereocenters. The summed E-state index contributed by atoms with van der Waals surface area (Å²) >= 11 is 0. The second-order valence-electron chi connectivity index (χ2n) is 6.29. The number of carbonyl (C=O) groups is 2. The SMILES string of the molecule is CON(C)C(=O)CCNC(=O)[C@@H]1OC(C)(C)OCC1(C)C. The van der Waals surface area contributed by atoms with Gasteiger partial charge in [0, 0.05) is 25.4 Å². The molecular weight excluding hydrogens is 276 g/mol. The molecule has 0 spiro atoms. The van der Waals surface area contributed by atoms with Crippen molar-refractivity contribution in [2.24, 2.45) is 5.41 Å². The van der Waals surface area contributed by atoms with Gasteiger partial charge in [0.15, 0.2) is 5.79 Å². The lowest BCUT2D eigenvalue weighted by atomic mass is 9.85. The van der Waals surface area contributed by atoms with E-state index >= 15 is 0 Å². The van der Waals surface area contributed by atoms with Crippen LogP contribution in [0.25, 0.3) is 0 Å². The number of carbonyl (C=O) groups excluding carboxylic acids is 2. The zero-order valence-corrected chi connectivity index (χ0v) is 13.7. The van der Waals surface area contributed by atoms with Crippen LogP contribution in [-0.4, -0.2) is 56.1 Å². The lowest BCUT2D eigenvalue weighted by Crippen LogP contribution is -2.56. The first-order valence-electron chi connectivity index (χ1n) is 6.99. The third-order valence-corrected chi connectivity index (χ3v) is 3.40. The van der Waals surface area contributed by atoms with Crippen LogP contribution in [0.5, 0.6) is 0 Å². The van der Waals surface area contributed by atoms with Gasteiger partial charge in [0.25, 0.3) is 0 Å². The van der Waals surface area contributed by atoms with E-state index < -0.39 is 17.3 Å². The van der Waals surface area contributed by atoms with Crippen molar-refractivity contribution in [2.75, 3.05) is 27.3 Å². The number of hydrogen-bond donors (Lipinski definition) is 1. The predicted molar refractivity (Wildman–Crippen MR) is 76.1 cm³/mol. The Kier molecular flexibility index (Phi) is 5.72. The highest BCUT2D eigenvalue weighted by Crippen LogP contribution is 2.34. The van der Waals surface area contributed by atoms with E-state index in [0.29, 0.717) is 6.61 Å². The number of nitrogens with one attached hydrogen (secondary N) is 1. The van der Waals surface area contributed by atoms with Gasteiger partial charge in [-0.2, -0.15) is 0 Å². The first-order chi connectivity index (χ1) is 9.59. The van der Waals surface area contributed by atoms with Gasteiger partial charge in [-0.25, -0.2) is 5.06 Å². The van der Waals surface area contributed by atoms with E-state index in [1.165, 1.54) is 14.2 Å². The molecule has 21 heavy (non-hydrogen) atoms. The van der Waals surface area contributed by atoms with Gasteiger partial charge in [-0.3, -0.25) is 14.4 Å². The van der Waals surface area contributed by atoms with E-state index in [1.54, 1.807) is 13.8 Å². The highest BCUT2D eigenvalue weighted by molar-refractivity contribution is 5.82. The van der Waals surface area contributed by atoms with E-state index in [1.807, 2.05) is 13.8 Å². The van der Waals surface area contributed by atoms with Crippen LogP contribution < -0.4 is 5.32 Å². The van der Waals surface area contributed by atoms with Crippen molar-refractivity contribution in [3.63, 3.8) is 0 Å². The number of nitrogens with zero attached hydrogens (tertiary/aromatic N) is 1. The number of rotatable bonds is 5. The maximum Gasteiger partial charge on any atom is 0.249 e. The maximum absolute atomic E-state index is 12.3. The molecule has 7 nitrogen and oxygen atoms in total. The molecule has 0 aromatic rings. The van der Waals surface area contributed by atoms with Gasteiger partial charge in [0.2, 0.25) is 11.8 Å². The number of amides is 2. The molecule has 0 saturated carbocycles. The molecule has 2 amide bonds. The van der Waals surface area contributed by atoms with Crippen molar-refractivity contribution in [1.29, 1.82) is 0 Å². The van der Waals surface area contributed by atoms with Crippen molar-refractivity contribution in [2.45, 2.75) is 46.0 Å². The van der Waals surface area contributed by atoms with Crippen LogP contribution >= 0.6 is 0 Å². The molecule has 1 heterocycles. The van der Waals surface area contributed by atoms with Gasteiger partial charge < -0.3 is 14.8 Å². The van der Waals surface area contributed by atoms with Crippen LogP contribution in [0.3, 0.4) is 0 Å². The zero-order chi connectivity index (χ0) is 16.3. The fourth-order valence-electron chi connectivity index (χ4n) is 1.97. The molecule has 0 aromatic carbocycles. The Balaban J connectivity index is 2.52. The number of hydrogen-bond acceptors (Lipinski definition) is 5. The third-order valence-electron chi connectivity index (χ3n) is 3.40. The lowest BCUT2D eigenvalue weighted by molar-refractivity contribution is -0.304. The average molecular weight is 302 g/mol. The van der Waals surface area contributed by atoms with Gasteiger partial charge in [-0.1, -0.05) is 13.8 Å². The largest absolute Gasteiger partial charge is 0.353 e. The zero-order valence-electron chi connectivity index (χ0n) is 13.7. The average Bonchev–Trinajstić information content (AvgIpc) is 2.40. The first kappa shape index (κ1) is 17.9. The Morgan fingerprint density at radius 3 is 2.52 bits per heavy atom. The Hall–Kier alpha value is -1.18. The molecule has 1 aliphatic heterocycles. The fourth-order valence-corrected chi connectivity index (χ4v) is 1.97. The summed E-state index contributed by atoms with van der Waals surface area (Å²) in [6, 6.07) is 0. The molecule has 1 fully saturated rings. The molecule has 0 radical (unpaired) electrons. The highest BCUT2D eigenvalue weighted by atomic mass is 16.7. The van der Waals surface area contributed by atoms with Crippen molar-refractivity contribution in [3.8, 4) is 0 Å². The van der Waals surface area contributed by atoms with Gasteiger partial charge >= 0.3 is 0 Å². The van der Waals surface area contributed by atoms with Crippen LogP contribution in [0, 0.1) is 5.41 Å². The van der Waals surface area contributed by atoms with E-state index in [-0.39, 0.29) is 24.8 Å². The standard InChI is InChI=1S/C14H26N2O5/c1-13(2)9-20-14(3,4)21-11(13)12(18)15-8-7-10(17)16(5)19-6/h11H,7-9H2,1-6H3,(H,15,18)/t11-/m0/s1. The second kappa shape index (κ2) is 6.72. The Morgan fingerprint density at radius 2 is 1.95 bits per heavy atom. The Bertz CT molecular complexity index is 395. The second-order valence-corrected chi connectivity index (χ2v) is 6.29. The van der Waals surface area contributed by atoms with Gasteiger partial charge in [0.1, 0.15) is 6.10 Å². The van der Waals surface area contributed by atoms with Crippen molar-refractivity contribution in [1.82, 2.24) is 10.4 Å². The minimum absolute atomic E-state index is 0.170. The molecule has 0 aromatic heterocycles. The minimum atomic E-state index is -0.788. The number of ether oxygens (including phenoxy) is 2. The Labute approximate surface area is 125 Å². The molecule has 1 rings (SSSR count). The van der Waals surface area contributed by atoms with Gasteiger partial charge in [-0.05, 0) is 13.8 Å². The van der Waals surface area contributed by atoms with E-state index in [0.717, 1.165) is 5.06 Å². The summed E-state index contributed by atoms with van der Waals surface area (Å²) in [4.78, 5) is 28.6. The molecule has 0 aliphatic carbocycles. The van der Waals surface area contributed by atoms with Crippen molar-refractivity contribution >= 4 is 11.8 Å². The smallest absolute Gasteiger partial charge is 0.249 e. The fraction of sp³-hybridized carbons (Fsp3) is 0.857. The van der Waals surface area contributed by atoms with Crippen LogP contribution in [0.15, 0.2) is 0 Å². The highest BCUT2D eigenvalue weighted by Gasteiger charge is 2.45. The van der Waals surface area contributed by atoms with E-state index in [4.69, 9.17) is 14.3 Å². The summed E-state index contributed by atoms with van der Waals surface area (Å²) in [6.45, 7) is 8.05. The molecule has 1 atom stereocenters. The summed E-state index contributed by atoms with van der Waals surface area (Å²) in [5, 5.41) is 3.86. The quantitative estimate of drug-likeness (QED) is 0.756. The molecule has 122 valence electrons. The molecule has 1 N–H and O–H groups in total. The van der Waals surface area contributed by atoms with E-state index in [2.05, 4.69) is 5.32 Å². The van der Waals surface area contributed by atoms with Gasteiger partial charge in [0.05, 0.1) is 13.7 Å². The lowest BCUT2D eigenvalue weighted by Gasteiger charge is -2.44. The molecule has 7 heteroatoms. The minimum Gasteiger partial charge on any atom is -0.353 e. The Morgan fingerprint density at radius 1 is 1.33 bits per heavy atom. The van der Waals surface area contributed by atoms with Crippen LogP contribution in [0.1, 0.15) is 34.1 Å². The molecule has 1 saturated heterocycles. The maximum atomic E-state index is 12.3. The van der Waals surface area contributed by atoms with E-state index in [9.17, 15) is 9.59 Å². The molecule has 1 aliphatic rings. The normalized spacial score (nSPS) is 23.4. The summed E-state index contributed by atoms with van der Waals surface area (Å²) in [7, 11) is 2.94. The van der Waals surface area contributed by atoms with Crippen LogP contribution in [0.2, 0.25) is 0 Å². The number of hydroxylamine groups is 2. The first-order valence-corrected chi connectivity index (χ1v) is 6.99. The van der Waals surface area contributed by atoms with Crippen molar-refractivity contribution in [3.05, 3.63) is 0 Å². The monoisotopic (exact) mass is 302 g/mol. The van der Waals surface area contributed by atoms with Gasteiger partial charge in [-0.15, -0.1) is 0 Å². The molecule has 0 bridgehead atoms. The summed E-state index contributed by atoms with van der Waals surface area (Å²) < 4.78 is 11.3. The van der Waals surface area contributed by atoms with Crippen LogP contribution in [-0.2, 0) is 23.9 Å². The summed E-state index contributed by atoms with van der Waals surface area (Å²) in [5.74, 6) is -1.22. The predicted octanol–water partition coefficient (Wildman–Crippen LogP) is 0.690.